The Morgan fingerprint density at radius 1 is 1.38 bits per heavy atom. The van der Waals surface area contributed by atoms with Crippen molar-refractivity contribution >= 4 is 11.8 Å². The van der Waals surface area contributed by atoms with E-state index < -0.39 is 0 Å². The summed E-state index contributed by atoms with van der Waals surface area (Å²) in [5.41, 5.74) is 0. The van der Waals surface area contributed by atoms with E-state index >= 15 is 0 Å². The van der Waals surface area contributed by atoms with Crippen LogP contribution in [-0.4, -0.2) is 25.1 Å². The Morgan fingerprint density at radius 3 is 3.06 bits per heavy atom. The molecule has 6 heteroatoms. The van der Waals surface area contributed by atoms with Crippen LogP contribution in [0.25, 0.3) is 0 Å². The number of hydrogen-bond donors (Lipinski definition) is 1. The van der Waals surface area contributed by atoms with Crippen molar-refractivity contribution < 1.29 is 0 Å². The zero-order valence-corrected chi connectivity index (χ0v) is 9.44. The van der Waals surface area contributed by atoms with Gasteiger partial charge in [0, 0.05) is 18.3 Å². The second kappa shape index (κ2) is 4.21. The fraction of sp³-hybridized carbons (Fsp3) is 0.400. The second-order valence-corrected chi connectivity index (χ2v) is 4.74. The minimum atomic E-state index is 0.603. The highest BCUT2D eigenvalue weighted by Gasteiger charge is 2.27. The Hall–Kier alpha value is -1.43. The Kier molecular flexibility index (Phi) is 2.57. The van der Waals surface area contributed by atoms with Gasteiger partial charge in [-0.25, -0.2) is 9.97 Å². The maximum atomic E-state index is 4.45. The van der Waals surface area contributed by atoms with Crippen molar-refractivity contribution in [1.29, 1.82) is 0 Å². The molecule has 2 aromatic rings. The van der Waals surface area contributed by atoms with Crippen LogP contribution in [0.4, 0.5) is 0 Å². The molecule has 2 aromatic heterocycles. The van der Waals surface area contributed by atoms with Crippen LogP contribution in [-0.2, 0) is 5.75 Å². The molecule has 1 aliphatic rings. The molecule has 2 heterocycles. The topological polar surface area (TPSA) is 67.3 Å². The lowest BCUT2D eigenvalue weighted by Gasteiger charge is -1.95. The molecule has 1 aliphatic carbocycles. The summed E-state index contributed by atoms with van der Waals surface area (Å²) in [6, 6.07) is 0. The van der Waals surface area contributed by atoms with Crippen molar-refractivity contribution in [2.24, 2.45) is 0 Å². The summed E-state index contributed by atoms with van der Waals surface area (Å²) in [5.74, 6) is 3.25. The Morgan fingerprint density at radius 2 is 2.31 bits per heavy atom. The van der Waals surface area contributed by atoms with Crippen LogP contribution >= 0.6 is 11.8 Å². The summed E-state index contributed by atoms with van der Waals surface area (Å²) in [7, 11) is 0. The standard InChI is InChI=1S/C10H11N5S/c1-2-7(1)10-13-8(14-15-10)6-16-9-5-11-3-4-12-9/h3-5,7H,1-2,6H2,(H,13,14,15). The first kappa shape index (κ1) is 9.77. The van der Waals surface area contributed by atoms with Crippen molar-refractivity contribution in [2.75, 3.05) is 0 Å². The highest BCUT2D eigenvalue weighted by Crippen LogP contribution is 2.37. The third kappa shape index (κ3) is 2.21. The molecule has 5 nitrogen and oxygen atoms in total. The van der Waals surface area contributed by atoms with Gasteiger partial charge in [0.1, 0.15) is 10.9 Å². The maximum Gasteiger partial charge on any atom is 0.153 e. The van der Waals surface area contributed by atoms with Gasteiger partial charge in [0.25, 0.3) is 0 Å². The number of thioether (sulfide) groups is 1. The molecule has 0 aliphatic heterocycles. The predicted molar refractivity (Wildman–Crippen MR) is 60.0 cm³/mol. The van der Waals surface area contributed by atoms with E-state index in [-0.39, 0.29) is 0 Å². The number of aromatic nitrogens is 5. The first-order chi connectivity index (χ1) is 7.92. The maximum absolute atomic E-state index is 4.45. The van der Waals surface area contributed by atoms with Gasteiger partial charge in [-0.3, -0.25) is 10.1 Å². The van der Waals surface area contributed by atoms with Gasteiger partial charge in [0.2, 0.25) is 0 Å². The zero-order valence-electron chi connectivity index (χ0n) is 8.63. The molecule has 16 heavy (non-hydrogen) atoms. The van der Waals surface area contributed by atoms with Crippen molar-refractivity contribution in [3.63, 3.8) is 0 Å². The lowest BCUT2D eigenvalue weighted by molar-refractivity contribution is 0.934. The number of aromatic amines is 1. The van der Waals surface area contributed by atoms with Gasteiger partial charge in [0.15, 0.2) is 5.82 Å². The molecule has 0 bridgehead atoms. The van der Waals surface area contributed by atoms with Gasteiger partial charge in [-0.15, -0.1) is 0 Å². The van der Waals surface area contributed by atoms with E-state index in [1.807, 2.05) is 0 Å². The number of rotatable bonds is 4. The van der Waals surface area contributed by atoms with Crippen molar-refractivity contribution in [2.45, 2.75) is 29.5 Å². The van der Waals surface area contributed by atoms with E-state index in [0.29, 0.717) is 5.92 Å². The van der Waals surface area contributed by atoms with Gasteiger partial charge in [0.05, 0.1) is 11.9 Å². The summed E-state index contributed by atoms with van der Waals surface area (Å²) in [4.78, 5) is 12.6. The number of hydrogen-bond acceptors (Lipinski definition) is 5. The molecule has 1 N–H and O–H groups in total. The molecule has 0 aromatic carbocycles. The molecule has 1 saturated carbocycles. The predicted octanol–water partition coefficient (Wildman–Crippen LogP) is 1.76. The highest BCUT2D eigenvalue weighted by molar-refractivity contribution is 7.98. The van der Waals surface area contributed by atoms with Crippen molar-refractivity contribution in [1.82, 2.24) is 25.1 Å². The Labute approximate surface area is 97.1 Å². The van der Waals surface area contributed by atoms with Gasteiger partial charge in [-0.1, -0.05) is 11.8 Å². The summed E-state index contributed by atoms with van der Waals surface area (Å²) < 4.78 is 0. The number of nitrogens with zero attached hydrogens (tertiary/aromatic N) is 4. The van der Waals surface area contributed by atoms with Crippen LogP contribution in [0.15, 0.2) is 23.6 Å². The monoisotopic (exact) mass is 233 g/mol. The van der Waals surface area contributed by atoms with Crippen molar-refractivity contribution in [3.8, 4) is 0 Å². The van der Waals surface area contributed by atoms with Gasteiger partial charge >= 0.3 is 0 Å². The molecule has 0 amide bonds. The molecular formula is C10H11N5S. The van der Waals surface area contributed by atoms with Crippen LogP contribution in [0.3, 0.4) is 0 Å². The third-order valence-corrected chi connectivity index (χ3v) is 3.31. The van der Waals surface area contributed by atoms with Crippen LogP contribution in [0.2, 0.25) is 0 Å². The minimum absolute atomic E-state index is 0.603. The average molecular weight is 233 g/mol. The Bertz CT molecular complexity index is 465. The Balaban J connectivity index is 1.61. The third-order valence-electron chi connectivity index (χ3n) is 2.39. The SMILES string of the molecule is c1cnc(SCc2nc(C3CC3)n[nH]2)cn1. The molecule has 82 valence electrons. The van der Waals surface area contributed by atoms with E-state index in [0.717, 1.165) is 22.4 Å². The normalized spacial score (nSPS) is 15.2. The minimum Gasteiger partial charge on any atom is -0.262 e. The zero-order chi connectivity index (χ0) is 10.8. The lowest BCUT2D eigenvalue weighted by atomic mass is 10.4. The number of H-pyrrole nitrogens is 1. The van der Waals surface area contributed by atoms with Crippen LogP contribution in [0.5, 0.6) is 0 Å². The fourth-order valence-electron chi connectivity index (χ4n) is 1.40. The van der Waals surface area contributed by atoms with Crippen molar-refractivity contribution in [3.05, 3.63) is 30.2 Å². The quantitative estimate of drug-likeness (QED) is 0.815. The van der Waals surface area contributed by atoms with E-state index in [4.69, 9.17) is 0 Å². The first-order valence-electron chi connectivity index (χ1n) is 5.22. The largest absolute Gasteiger partial charge is 0.262 e. The van der Waals surface area contributed by atoms with Gasteiger partial charge < -0.3 is 0 Å². The number of nitrogens with one attached hydrogen (secondary N) is 1. The second-order valence-electron chi connectivity index (χ2n) is 3.75. The molecular weight excluding hydrogens is 222 g/mol. The summed E-state index contributed by atoms with van der Waals surface area (Å²) in [5, 5.41) is 8.08. The van der Waals surface area contributed by atoms with Gasteiger partial charge in [-0.2, -0.15) is 5.10 Å². The molecule has 1 fully saturated rings. The van der Waals surface area contributed by atoms with Crippen LogP contribution in [0.1, 0.15) is 30.4 Å². The van der Waals surface area contributed by atoms with E-state index in [9.17, 15) is 0 Å². The lowest BCUT2D eigenvalue weighted by Crippen LogP contribution is -1.86. The van der Waals surface area contributed by atoms with Crippen LogP contribution in [0, 0.1) is 0 Å². The molecule has 0 atom stereocenters. The van der Waals surface area contributed by atoms with Gasteiger partial charge in [-0.05, 0) is 12.8 Å². The van der Waals surface area contributed by atoms with E-state index in [2.05, 4.69) is 25.1 Å². The smallest absolute Gasteiger partial charge is 0.153 e. The first-order valence-corrected chi connectivity index (χ1v) is 6.20. The molecule has 0 spiro atoms. The highest BCUT2D eigenvalue weighted by atomic mass is 32.2. The molecule has 0 unspecified atom stereocenters. The van der Waals surface area contributed by atoms with Crippen LogP contribution < -0.4 is 0 Å². The summed E-state index contributed by atoms with van der Waals surface area (Å²) >= 11 is 1.61. The summed E-state index contributed by atoms with van der Waals surface area (Å²) in [6.45, 7) is 0. The summed E-state index contributed by atoms with van der Waals surface area (Å²) in [6.07, 6.45) is 7.58. The van der Waals surface area contributed by atoms with E-state index in [1.165, 1.54) is 12.8 Å². The molecule has 3 rings (SSSR count). The molecule has 0 saturated heterocycles. The average Bonchev–Trinajstić information content (AvgIpc) is 3.08. The fourth-order valence-corrected chi connectivity index (χ4v) is 2.09. The van der Waals surface area contributed by atoms with E-state index in [1.54, 1.807) is 30.4 Å². The molecule has 0 radical (unpaired) electrons.